The number of amides is 2. The van der Waals surface area contributed by atoms with Gasteiger partial charge < -0.3 is 39.8 Å². The molecule has 0 bridgehead atoms. The van der Waals surface area contributed by atoms with Crippen molar-refractivity contribution >= 4 is 22.2 Å². The van der Waals surface area contributed by atoms with Gasteiger partial charge in [0.2, 0.25) is 10.0 Å². The van der Waals surface area contributed by atoms with Gasteiger partial charge in [-0.3, -0.25) is 0 Å². The van der Waals surface area contributed by atoms with Crippen molar-refractivity contribution in [2.45, 2.75) is 62.5 Å². The van der Waals surface area contributed by atoms with E-state index in [0.717, 1.165) is 5.56 Å². The number of nitrogens with one attached hydrogen (secondary N) is 1. The average Bonchev–Trinajstić information content (AvgIpc) is 3.62. The number of hydrogen-bond donors (Lipinski definition) is 3. The highest BCUT2D eigenvalue weighted by Crippen LogP contribution is 2.33. The number of benzene rings is 2. The molecule has 248 valence electrons. The minimum Gasteiger partial charge on any atom is -0.497 e. The molecule has 5 atom stereocenters. The van der Waals surface area contributed by atoms with Crippen molar-refractivity contribution in [3.05, 3.63) is 60.2 Å². The second kappa shape index (κ2) is 15.2. The number of nitrogens with zero attached hydrogens (tertiary/aromatic N) is 1. The molecule has 2 aliphatic heterocycles. The zero-order valence-electron chi connectivity index (χ0n) is 25.8. The Morgan fingerprint density at radius 2 is 1.84 bits per heavy atom. The highest BCUT2D eigenvalue weighted by Gasteiger charge is 2.44. The molecular formula is C31H43N3O10S. The van der Waals surface area contributed by atoms with Crippen LogP contribution in [0.2, 0.25) is 0 Å². The van der Waals surface area contributed by atoms with E-state index in [1.807, 2.05) is 44.2 Å². The molecule has 0 aromatic heterocycles. The van der Waals surface area contributed by atoms with Crippen molar-refractivity contribution in [2.24, 2.45) is 17.1 Å². The first-order chi connectivity index (χ1) is 21.4. The van der Waals surface area contributed by atoms with E-state index in [2.05, 4.69) is 5.32 Å². The van der Waals surface area contributed by atoms with Crippen molar-refractivity contribution in [3.63, 3.8) is 0 Å². The SMILES string of the molecule is COc1ccc(S(=O)(=O)N(C[C@@H](O)[C@H](Cc2ccccc2)NC(=O)OC2COC3OCCC23)CC(C)(C)CCOC(N)=O)cc1. The molecule has 14 heteroatoms. The molecule has 0 spiro atoms. The van der Waals surface area contributed by atoms with Gasteiger partial charge in [0.05, 0.1) is 49.9 Å². The van der Waals surface area contributed by atoms with Gasteiger partial charge in [-0.2, -0.15) is 4.31 Å². The van der Waals surface area contributed by atoms with E-state index in [0.29, 0.717) is 25.2 Å². The fourth-order valence-corrected chi connectivity index (χ4v) is 7.13. The number of hydrogen-bond acceptors (Lipinski definition) is 10. The predicted octanol–water partition coefficient (Wildman–Crippen LogP) is 2.66. The molecule has 13 nitrogen and oxygen atoms in total. The van der Waals surface area contributed by atoms with Crippen LogP contribution in [0.15, 0.2) is 59.5 Å². The van der Waals surface area contributed by atoms with E-state index in [-0.39, 0.29) is 43.5 Å². The molecule has 0 aliphatic carbocycles. The summed E-state index contributed by atoms with van der Waals surface area (Å²) < 4.78 is 56.0. The maximum atomic E-state index is 14.0. The normalized spacial score (nSPS) is 21.1. The van der Waals surface area contributed by atoms with Crippen LogP contribution in [0.4, 0.5) is 9.59 Å². The first-order valence-electron chi connectivity index (χ1n) is 14.9. The minimum atomic E-state index is -4.15. The molecular weight excluding hydrogens is 606 g/mol. The van der Waals surface area contributed by atoms with Crippen LogP contribution in [0.5, 0.6) is 5.75 Å². The van der Waals surface area contributed by atoms with Gasteiger partial charge in [-0.05, 0) is 54.5 Å². The van der Waals surface area contributed by atoms with E-state index < -0.39 is 52.2 Å². The Bertz CT molecular complexity index is 1370. The van der Waals surface area contributed by atoms with Crippen molar-refractivity contribution in [1.29, 1.82) is 0 Å². The van der Waals surface area contributed by atoms with E-state index in [4.69, 9.17) is 29.4 Å². The van der Waals surface area contributed by atoms with E-state index in [1.54, 1.807) is 0 Å². The zero-order chi connectivity index (χ0) is 32.6. The fraction of sp³-hybridized carbons (Fsp3) is 0.548. The third-order valence-electron chi connectivity index (χ3n) is 8.03. The number of fused-ring (bicyclic) bond motifs is 1. The Hall–Kier alpha value is -3.43. The number of aliphatic hydroxyl groups is 1. The monoisotopic (exact) mass is 649 g/mol. The molecule has 2 heterocycles. The maximum Gasteiger partial charge on any atom is 0.407 e. The quantitative estimate of drug-likeness (QED) is 0.260. The first kappa shape index (κ1) is 34.4. The van der Waals surface area contributed by atoms with Crippen LogP contribution < -0.4 is 15.8 Å². The maximum absolute atomic E-state index is 14.0. The Labute approximate surface area is 264 Å². The Balaban J connectivity index is 1.56. The second-order valence-electron chi connectivity index (χ2n) is 12.0. The summed E-state index contributed by atoms with van der Waals surface area (Å²) in [6.07, 6.45) is -2.70. The molecule has 2 aromatic carbocycles. The molecule has 4 N–H and O–H groups in total. The molecule has 4 rings (SSSR count). The van der Waals surface area contributed by atoms with Gasteiger partial charge >= 0.3 is 12.2 Å². The summed E-state index contributed by atoms with van der Waals surface area (Å²) in [5, 5.41) is 14.4. The van der Waals surface area contributed by atoms with Crippen molar-refractivity contribution in [1.82, 2.24) is 9.62 Å². The van der Waals surface area contributed by atoms with Crippen LogP contribution in [0.1, 0.15) is 32.3 Å². The van der Waals surface area contributed by atoms with Crippen LogP contribution in [-0.2, 0) is 35.4 Å². The number of alkyl carbamates (subject to hydrolysis) is 1. The number of rotatable bonds is 15. The van der Waals surface area contributed by atoms with Gasteiger partial charge in [-0.15, -0.1) is 0 Å². The van der Waals surface area contributed by atoms with Gasteiger partial charge in [0.25, 0.3) is 0 Å². The summed E-state index contributed by atoms with van der Waals surface area (Å²) in [6.45, 7) is 3.97. The van der Waals surface area contributed by atoms with Gasteiger partial charge in [-0.25, -0.2) is 18.0 Å². The number of carbonyl (C=O) groups is 2. The number of ether oxygens (including phenoxy) is 5. The highest BCUT2D eigenvalue weighted by molar-refractivity contribution is 7.89. The minimum absolute atomic E-state index is 0.00114. The number of aliphatic hydroxyl groups excluding tert-OH is 1. The first-order valence-corrected chi connectivity index (χ1v) is 16.3. The summed E-state index contributed by atoms with van der Waals surface area (Å²) in [5.74, 6) is 0.414. The van der Waals surface area contributed by atoms with Crippen LogP contribution in [0.25, 0.3) is 0 Å². The van der Waals surface area contributed by atoms with Crippen LogP contribution in [0.3, 0.4) is 0 Å². The Morgan fingerprint density at radius 1 is 1.13 bits per heavy atom. The molecule has 2 aliphatic rings. The van der Waals surface area contributed by atoms with Gasteiger partial charge in [0.15, 0.2) is 6.29 Å². The molecule has 0 saturated carbocycles. The third-order valence-corrected chi connectivity index (χ3v) is 9.85. The van der Waals surface area contributed by atoms with E-state index >= 15 is 0 Å². The number of nitrogens with two attached hydrogens (primary N) is 1. The topological polar surface area (TPSA) is 176 Å². The third kappa shape index (κ3) is 9.53. The summed E-state index contributed by atoms with van der Waals surface area (Å²) in [4.78, 5) is 24.2. The highest BCUT2D eigenvalue weighted by atomic mass is 32.2. The Morgan fingerprint density at radius 3 is 2.51 bits per heavy atom. The standard InChI is InChI=1S/C31H43N3O10S/c1-31(2,14-16-42-29(32)36)20-34(45(38,39)23-11-9-22(40-3)10-12-23)18-26(35)25(17-21-7-5-4-6-8-21)33-30(37)44-27-19-43-28-24(27)13-15-41-28/h4-12,24-28,35H,13-20H2,1-3H3,(H2,32,36)(H,33,37)/t24?,25-,26+,27?,28?/m0/s1. The number of carbonyl (C=O) groups excluding carboxylic acids is 2. The number of methoxy groups -OCH3 is 1. The molecule has 3 unspecified atom stereocenters. The lowest BCUT2D eigenvalue weighted by molar-refractivity contribution is -0.0907. The Kier molecular flexibility index (Phi) is 11.7. The largest absolute Gasteiger partial charge is 0.497 e. The second-order valence-corrected chi connectivity index (χ2v) is 14.0. The predicted molar refractivity (Wildman–Crippen MR) is 163 cm³/mol. The summed E-state index contributed by atoms with van der Waals surface area (Å²) in [6, 6.07) is 14.3. The van der Waals surface area contributed by atoms with Crippen molar-refractivity contribution in [3.8, 4) is 5.75 Å². The smallest absolute Gasteiger partial charge is 0.407 e. The summed E-state index contributed by atoms with van der Waals surface area (Å²) in [7, 11) is -2.67. The summed E-state index contributed by atoms with van der Waals surface area (Å²) in [5.41, 5.74) is 5.23. The number of primary amides is 1. The molecule has 2 fully saturated rings. The number of sulfonamides is 1. The fourth-order valence-electron chi connectivity index (χ4n) is 5.49. The lowest BCUT2D eigenvalue weighted by Gasteiger charge is -2.35. The molecule has 2 amide bonds. The lowest BCUT2D eigenvalue weighted by Crippen LogP contribution is -2.52. The molecule has 0 radical (unpaired) electrons. The van der Waals surface area contributed by atoms with E-state index in [9.17, 15) is 23.1 Å². The van der Waals surface area contributed by atoms with Crippen molar-refractivity contribution < 1.29 is 46.8 Å². The summed E-state index contributed by atoms with van der Waals surface area (Å²) >= 11 is 0. The molecule has 45 heavy (non-hydrogen) atoms. The zero-order valence-corrected chi connectivity index (χ0v) is 26.6. The lowest BCUT2D eigenvalue weighted by atomic mass is 9.89. The van der Waals surface area contributed by atoms with Gasteiger partial charge in [0, 0.05) is 13.1 Å². The van der Waals surface area contributed by atoms with Gasteiger partial charge in [0.1, 0.15) is 11.9 Å². The average molecular weight is 650 g/mol. The van der Waals surface area contributed by atoms with Crippen LogP contribution in [0, 0.1) is 11.3 Å². The van der Waals surface area contributed by atoms with E-state index in [1.165, 1.54) is 35.7 Å². The van der Waals surface area contributed by atoms with Crippen LogP contribution >= 0.6 is 0 Å². The van der Waals surface area contributed by atoms with Crippen LogP contribution in [-0.4, -0.2) is 94.6 Å². The van der Waals surface area contributed by atoms with Crippen molar-refractivity contribution in [2.75, 3.05) is 40.0 Å². The molecule has 2 saturated heterocycles. The molecule has 2 aromatic rings. The van der Waals surface area contributed by atoms with Gasteiger partial charge in [-0.1, -0.05) is 44.2 Å².